The average Bonchev–Trinajstić information content (AvgIpc) is 2.62. The zero-order valence-corrected chi connectivity index (χ0v) is 16.7. The predicted octanol–water partition coefficient (Wildman–Crippen LogP) is 3.34. The standard InChI is InChI=1S/C21H34N2O3/c1-5-20(26-19-9-6-8-18(13-19)25-4)21(24)22-10-7-11-23-14-16(2)12-17(3)15-23/h6,8-9,13,16-17,20H,5,7,10-12,14-15H2,1-4H3,(H,22,24)/t16-,17-,20-/m1/s1. The van der Waals surface area contributed by atoms with Crippen LogP contribution in [-0.2, 0) is 4.79 Å². The second kappa shape index (κ2) is 10.4. The van der Waals surface area contributed by atoms with E-state index in [2.05, 4.69) is 24.1 Å². The minimum absolute atomic E-state index is 0.0456. The highest BCUT2D eigenvalue weighted by Gasteiger charge is 2.22. The molecule has 146 valence electrons. The fraction of sp³-hybridized carbons (Fsp3) is 0.667. The highest BCUT2D eigenvalue weighted by atomic mass is 16.5. The first-order valence-corrected chi connectivity index (χ1v) is 9.82. The smallest absolute Gasteiger partial charge is 0.261 e. The van der Waals surface area contributed by atoms with Gasteiger partial charge in [-0.15, -0.1) is 0 Å². The fourth-order valence-corrected chi connectivity index (χ4v) is 3.76. The van der Waals surface area contributed by atoms with Gasteiger partial charge in [0, 0.05) is 25.7 Å². The van der Waals surface area contributed by atoms with E-state index >= 15 is 0 Å². The lowest BCUT2D eigenvalue weighted by molar-refractivity contribution is -0.128. The number of nitrogens with one attached hydrogen (secondary N) is 1. The van der Waals surface area contributed by atoms with Gasteiger partial charge in [-0.3, -0.25) is 4.79 Å². The molecular weight excluding hydrogens is 328 g/mol. The number of methoxy groups -OCH3 is 1. The largest absolute Gasteiger partial charge is 0.497 e. The molecule has 0 bridgehead atoms. The summed E-state index contributed by atoms with van der Waals surface area (Å²) in [6.45, 7) is 10.7. The number of likely N-dealkylation sites (tertiary alicyclic amines) is 1. The topological polar surface area (TPSA) is 50.8 Å². The van der Waals surface area contributed by atoms with Gasteiger partial charge in [0.25, 0.3) is 5.91 Å². The van der Waals surface area contributed by atoms with Crippen LogP contribution in [0.5, 0.6) is 11.5 Å². The maximum Gasteiger partial charge on any atom is 0.261 e. The van der Waals surface area contributed by atoms with Gasteiger partial charge >= 0.3 is 0 Å². The van der Waals surface area contributed by atoms with Crippen LogP contribution in [0.25, 0.3) is 0 Å². The molecule has 0 spiro atoms. The zero-order valence-electron chi connectivity index (χ0n) is 16.7. The molecule has 0 aliphatic carbocycles. The average molecular weight is 363 g/mol. The number of carbonyl (C=O) groups excluding carboxylic acids is 1. The molecule has 1 fully saturated rings. The number of hydrogen-bond donors (Lipinski definition) is 1. The molecule has 1 N–H and O–H groups in total. The summed E-state index contributed by atoms with van der Waals surface area (Å²) in [5, 5.41) is 3.02. The Kier molecular flexibility index (Phi) is 8.23. The molecule has 1 aliphatic rings. The molecule has 0 unspecified atom stereocenters. The van der Waals surface area contributed by atoms with Crippen molar-refractivity contribution in [2.24, 2.45) is 11.8 Å². The van der Waals surface area contributed by atoms with Crippen LogP contribution in [0.3, 0.4) is 0 Å². The van der Waals surface area contributed by atoms with Crippen LogP contribution in [0.1, 0.15) is 40.0 Å². The molecule has 3 atom stereocenters. The predicted molar refractivity (Wildman–Crippen MR) is 105 cm³/mol. The lowest BCUT2D eigenvalue weighted by Crippen LogP contribution is -2.41. The normalized spacial score (nSPS) is 21.8. The second-order valence-electron chi connectivity index (χ2n) is 7.54. The fourth-order valence-electron chi connectivity index (χ4n) is 3.76. The Morgan fingerprint density at radius 3 is 2.62 bits per heavy atom. The number of carbonyl (C=O) groups is 1. The van der Waals surface area contributed by atoms with Crippen molar-refractivity contribution >= 4 is 5.91 Å². The van der Waals surface area contributed by atoms with Crippen LogP contribution in [0.2, 0.25) is 0 Å². The van der Waals surface area contributed by atoms with E-state index < -0.39 is 6.10 Å². The molecule has 1 aliphatic heterocycles. The Hall–Kier alpha value is -1.75. The first-order chi connectivity index (χ1) is 12.5. The highest BCUT2D eigenvalue weighted by molar-refractivity contribution is 5.81. The highest BCUT2D eigenvalue weighted by Crippen LogP contribution is 2.21. The van der Waals surface area contributed by atoms with Crippen molar-refractivity contribution in [2.45, 2.75) is 46.1 Å². The third kappa shape index (κ3) is 6.52. The van der Waals surface area contributed by atoms with Crippen molar-refractivity contribution in [1.82, 2.24) is 10.2 Å². The molecule has 0 radical (unpaired) electrons. The first kappa shape index (κ1) is 20.6. The summed E-state index contributed by atoms with van der Waals surface area (Å²) in [6.07, 6.45) is 2.45. The number of benzene rings is 1. The van der Waals surface area contributed by atoms with E-state index in [9.17, 15) is 4.79 Å². The summed E-state index contributed by atoms with van der Waals surface area (Å²) >= 11 is 0. The summed E-state index contributed by atoms with van der Waals surface area (Å²) in [7, 11) is 1.62. The molecule has 1 amide bonds. The third-order valence-electron chi connectivity index (χ3n) is 4.88. The molecule has 5 heteroatoms. The van der Waals surface area contributed by atoms with Crippen LogP contribution in [0.4, 0.5) is 0 Å². The Morgan fingerprint density at radius 1 is 1.27 bits per heavy atom. The third-order valence-corrected chi connectivity index (χ3v) is 4.88. The summed E-state index contributed by atoms with van der Waals surface area (Å²) in [4.78, 5) is 14.9. The molecule has 26 heavy (non-hydrogen) atoms. The summed E-state index contributed by atoms with van der Waals surface area (Å²) in [5.74, 6) is 2.88. The van der Waals surface area contributed by atoms with Crippen LogP contribution in [0.15, 0.2) is 24.3 Å². The summed E-state index contributed by atoms with van der Waals surface area (Å²) in [5.41, 5.74) is 0. The van der Waals surface area contributed by atoms with Gasteiger partial charge < -0.3 is 19.7 Å². The van der Waals surface area contributed by atoms with Crippen LogP contribution in [-0.4, -0.2) is 50.2 Å². The van der Waals surface area contributed by atoms with E-state index in [1.165, 1.54) is 19.5 Å². The molecule has 1 aromatic carbocycles. The Labute approximate surface area is 158 Å². The molecule has 0 saturated carbocycles. The quantitative estimate of drug-likeness (QED) is 0.685. The Bertz CT molecular complexity index is 554. The van der Waals surface area contributed by atoms with Crippen molar-refractivity contribution in [3.63, 3.8) is 0 Å². The second-order valence-corrected chi connectivity index (χ2v) is 7.54. The minimum Gasteiger partial charge on any atom is -0.497 e. The molecule has 0 aromatic heterocycles. The van der Waals surface area contributed by atoms with E-state index in [1.54, 1.807) is 13.2 Å². The Morgan fingerprint density at radius 2 is 1.96 bits per heavy atom. The lowest BCUT2D eigenvalue weighted by Gasteiger charge is -2.35. The van der Waals surface area contributed by atoms with Crippen molar-refractivity contribution < 1.29 is 14.3 Å². The van der Waals surface area contributed by atoms with Crippen molar-refractivity contribution in [3.8, 4) is 11.5 Å². The maximum atomic E-state index is 12.4. The van der Waals surface area contributed by atoms with E-state index in [0.29, 0.717) is 18.7 Å². The first-order valence-electron chi connectivity index (χ1n) is 9.82. The number of ether oxygens (including phenoxy) is 2. The van der Waals surface area contributed by atoms with Gasteiger partial charge in [-0.1, -0.05) is 26.8 Å². The zero-order chi connectivity index (χ0) is 18.9. The minimum atomic E-state index is -0.475. The van der Waals surface area contributed by atoms with E-state index in [-0.39, 0.29) is 5.91 Å². The molecule has 5 nitrogen and oxygen atoms in total. The number of nitrogens with zero attached hydrogens (tertiary/aromatic N) is 1. The van der Waals surface area contributed by atoms with Gasteiger partial charge in [-0.05, 0) is 49.8 Å². The van der Waals surface area contributed by atoms with Crippen LogP contribution in [0, 0.1) is 11.8 Å². The van der Waals surface area contributed by atoms with Gasteiger partial charge in [0.1, 0.15) is 11.5 Å². The lowest BCUT2D eigenvalue weighted by atomic mass is 9.92. The van der Waals surface area contributed by atoms with Crippen LogP contribution < -0.4 is 14.8 Å². The maximum absolute atomic E-state index is 12.4. The summed E-state index contributed by atoms with van der Waals surface area (Å²) < 4.78 is 11.0. The van der Waals surface area contributed by atoms with Crippen molar-refractivity contribution in [3.05, 3.63) is 24.3 Å². The molecule has 1 saturated heterocycles. The van der Waals surface area contributed by atoms with Gasteiger partial charge in [0.15, 0.2) is 6.10 Å². The van der Waals surface area contributed by atoms with E-state index in [0.717, 1.165) is 30.6 Å². The number of rotatable bonds is 9. The number of piperidine rings is 1. The Balaban J connectivity index is 1.73. The molecule has 1 aromatic rings. The number of hydrogen-bond acceptors (Lipinski definition) is 4. The molecule has 2 rings (SSSR count). The molecular formula is C21H34N2O3. The summed E-state index contributed by atoms with van der Waals surface area (Å²) in [6, 6.07) is 7.36. The van der Waals surface area contributed by atoms with Crippen molar-refractivity contribution in [2.75, 3.05) is 33.3 Å². The van der Waals surface area contributed by atoms with E-state index in [4.69, 9.17) is 9.47 Å². The van der Waals surface area contributed by atoms with Gasteiger partial charge in [-0.25, -0.2) is 0 Å². The van der Waals surface area contributed by atoms with Gasteiger partial charge in [0.05, 0.1) is 7.11 Å². The van der Waals surface area contributed by atoms with Crippen molar-refractivity contribution in [1.29, 1.82) is 0 Å². The van der Waals surface area contributed by atoms with Gasteiger partial charge in [0.2, 0.25) is 0 Å². The van der Waals surface area contributed by atoms with E-state index in [1.807, 2.05) is 25.1 Å². The van der Waals surface area contributed by atoms with Crippen LogP contribution >= 0.6 is 0 Å². The SMILES string of the molecule is CC[C@@H](Oc1cccc(OC)c1)C(=O)NCCCN1C[C@H](C)C[C@@H](C)C1. The number of amides is 1. The van der Waals surface area contributed by atoms with Gasteiger partial charge in [-0.2, -0.15) is 0 Å². The monoisotopic (exact) mass is 362 g/mol. The molecule has 1 heterocycles.